The summed E-state index contributed by atoms with van der Waals surface area (Å²) < 4.78 is 0. The summed E-state index contributed by atoms with van der Waals surface area (Å²) in [5.41, 5.74) is 9.12. The fraction of sp³-hybridized carbons (Fsp3) is 0.0667. The quantitative estimate of drug-likeness (QED) is 0.850. The molecule has 0 spiro atoms. The number of amidine groups is 1. The average molecular weight is 282 g/mol. The van der Waals surface area contributed by atoms with Crippen LogP contribution >= 0.6 is 11.8 Å². The highest BCUT2D eigenvalue weighted by Gasteiger charge is 2.12. The Labute approximate surface area is 122 Å². The third kappa shape index (κ3) is 3.19. The van der Waals surface area contributed by atoms with Crippen LogP contribution in [0.2, 0.25) is 0 Å². The fourth-order valence-corrected chi connectivity index (χ4v) is 2.51. The van der Waals surface area contributed by atoms with Crippen LogP contribution in [0.4, 0.5) is 5.69 Å². The van der Waals surface area contributed by atoms with Crippen molar-refractivity contribution in [3.63, 3.8) is 0 Å². The topological polar surface area (TPSA) is 48.8 Å². The molecule has 2 aromatic carbocycles. The second-order valence-electron chi connectivity index (χ2n) is 4.22. The normalized spacial score (nSPS) is 16.4. The third-order valence-corrected chi connectivity index (χ3v) is 3.67. The van der Waals surface area contributed by atoms with Gasteiger partial charge in [-0.1, -0.05) is 60.3 Å². The van der Waals surface area contributed by atoms with Crippen molar-refractivity contribution in [3.8, 4) is 0 Å². The number of hydrogen-bond donors (Lipinski definition) is 2. The van der Waals surface area contributed by atoms with Crippen molar-refractivity contribution in [3.05, 3.63) is 66.2 Å². The first-order chi connectivity index (χ1) is 9.92. The summed E-state index contributed by atoms with van der Waals surface area (Å²) in [6.07, 6.45) is 0. The van der Waals surface area contributed by atoms with Crippen LogP contribution in [0.25, 0.3) is 0 Å². The Morgan fingerprint density at radius 2 is 1.70 bits per heavy atom. The zero-order chi connectivity index (χ0) is 13.6. The lowest BCUT2D eigenvalue weighted by Gasteiger charge is -2.14. The molecule has 1 aliphatic heterocycles. The molecule has 0 aliphatic carbocycles. The first-order valence-electron chi connectivity index (χ1n) is 6.31. The molecule has 0 atom stereocenters. The van der Waals surface area contributed by atoms with Gasteiger partial charge in [0.15, 0.2) is 0 Å². The van der Waals surface area contributed by atoms with Gasteiger partial charge < -0.3 is 0 Å². The Morgan fingerprint density at radius 1 is 1.00 bits per heavy atom. The molecule has 0 bridgehead atoms. The number of thioether (sulfide) groups is 1. The number of benzene rings is 2. The van der Waals surface area contributed by atoms with Gasteiger partial charge in [0, 0.05) is 5.75 Å². The van der Waals surface area contributed by atoms with Crippen LogP contribution in [-0.4, -0.2) is 16.6 Å². The first-order valence-corrected chi connectivity index (χ1v) is 7.30. The van der Waals surface area contributed by atoms with Crippen molar-refractivity contribution in [2.45, 2.75) is 0 Å². The summed E-state index contributed by atoms with van der Waals surface area (Å²) >= 11 is 1.63. The predicted octanol–water partition coefficient (Wildman–Crippen LogP) is 3.11. The summed E-state index contributed by atoms with van der Waals surface area (Å²) in [6.45, 7) is 0. The molecule has 1 heterocycles. The van der Waals surface area contributed by atoms with Gasteiger partial charge in [-0.2, -0.15) is 5.10 Å². The zero-order valence-electron chi connectivity index (χ0n) is 10.8. The van der Waals surface area contributed by atoms with Crippen molar-refractivity contribution >= 4 is 28.3 Å². The maximum atomic E-state index is 4.37. The number of hydrogen-bond acceptors (Lipinski definition) is 4. The number of hydrazone groups is 2. The van der Waals surface area contributed by atoms with Gasteiger partial charge in [-0.15, -0.1) is 5.10 Å². The lowest BCUT2D eigenvalue weighted by molar-refractivity contribution is 1.03. The van der Waals surface area contributed by atoms with Crippen molar-refractivity contribution in [1.29, 1.82) is 0 Å². The summed E-state index contributed by atoms with van der Waals surface area (Å²) in [6, 6.07) is 20.0. The zero-order valence-corrected chi connectivity index (χ0v) is 11.6. The molecule has 4 nitrogen and oxygen atoms in total. The molecular weight excluding hydrogens is 268 g/mol. The summed E-state index contributed by atoms with van der Waals surface area (Å²) in [5, 5.41) is 9.43. The molecule has 2 N–H and O–H groups in total. The molecule has 0 radical (unpaired) electrons. The largest absolute Gasteiger partial charge is 0.276 e. The van der Waals surface area contributed by atoms with E-state index in [1.165, 1.54) is 0 Å². The minimum absolute atomic E-state index is 0.772. The number of anilines is 1. The van der Waals surface area contributed by atoms with Gasteiger partial charge in [-0.25, -0.2) is 0 Å². The van der Waals surface area contributed by atoms with Gasteiger partial charge in [0.25, 0.3) is 0 Å². The lowest BCUT2D eigenvalue weighted by Crippen LogP contribution is -2.26. The molecule has 2 aromatic rings. The van der Waals surface area contributed by atoms with Gasteiger partial charge in [0.2, 0.25) is 5.17 Å². The van der Waals surface area contributed by atoms with E-state index in [0.717, 1.165) is 27.9 Å². The molecule has 0 saturated heterocycles. The van der Waals surface area contributed by atoms with Crippen molar-refractivity contribution in [2.24, 2.45) is 10.2 Å². The van der Waals surface area contributed by atoms with E-state index < -0.39 is 0 Å². The second-order valence-corrected chi connectivity index (χ2v) is 5.18. The van der Waals surface area contributed by atoms with E-state index in [4.69, 9.17) is 0 Å². The van der Waals surface area contributed by atoms with E-state index >= 15 is 0 Å². The van der Waals surface area contributed by atoms with E-state index in [0.29, 0.717) is 0 Å². The van der Waals surface area contributed by atoms with Gasteiger partial charge >= 0.3 is 0 Å². The van der Waals surface area contributed by atoms with Gasteiger partial charge in [0.1, 0.15) is 0 Å². The summed E-state index contributed by atoms with van der Waals surface area (Å²) in [7, 11) is 0. The monoisotopic (exact) mass is 282 g/mol. The molecular formula is C15H14N4S. The molecule has 0 fully saturated rings. The van der Waals surface area contributed by atoms with E-state index in [1.807, 2.05) is 48.5 Å². The number of nitrogens with zero attached hydrogens (tertiary/aromatic N) is 2. The van der Waals surface area contributed by atoms with Crippen LogP contribution in [0, 0.1) is 0 Å². The molecule has 0 amide bonds. The van der Waals surface area contributed by atoms with Crippen LogP contribution in [0.15, 0.2) is 70.9 Å². The highest BCUT2D eigenvalue weighted by atomic mass is 32.2. The van der Waals surface area contributed by atoms with Gasteiger partial charge in [-0.05, 0) is 17.7 Å². The molecule has 0 unspecified atom stereocenters. The SMILES string of the molecule is c1ccc(N/N=C2\NN=C(c3ccccc3)CS2)cc1. The third-order valence-electron chi connectivity index (χ3n) is 2.80. The molecule has 3 rings (SSSR count). The maximum Gasteiger partial charge on any atom is 0.201 e. The van der Waals surface area contributed by atoms with E-state index in [2.05, 4.69) is 33.2 Å². The Morgan fingerprint density at radius 3 is 2.35 bits per heavy atom. The highest BCUT2D eigenvalue weighted by Crippen LogP contribution is 2.14. The van der Waals surface area contributed by atoms with Crippen LogP contribution in [0.3, 0.4) is 0 Å². The number of nitrogens with one attached hydrogen (secondary N) is 2. The van der Waals surface area contributed by atoms with Gasteiger partial charge in [0.05, 0.1) is 11.4 Å². The molecule has 0 aromatic heterocycles. The molecule has 20 heavy (non-hydrogen) atoms. The molecule has 1 aliphatic rings. The van der Waals surface area contributed by atoms with Crippen molar-refractivity contribution in [1.82, 2.24) is 5.43 Å². The van der Waals surface area contributed by atoms with E-state index in [9.17, 15) is 0 Å². The second kappa shape index (κ2) is 6.25. The average Bonchev–Trinajstić information content (AvgIpc) is 2.55. The van der Waals surface area contributed by atoms with Gasteiger partial charge in [-0.3, -0.25) is 10.9 Å². The van der Waals surface area contributed by atoms with Crippen molar-refractivity contribution < 1.29 is 0 Å². The van der Waals surface area contributed by atoms with E-state index in [1.54, 1.807) is 11.8 Å². The number of rotatable bonds is 3. The highest BCUT2D eigenvalue weighted by molar-refractivity contribution is 8.14. The Kier molecular flexibility index (Phi) is 3.99. The predicted molar refractivity (Wildman–Crippen MR) is 86.1 cm³/mol. The minimum atomic E-state index is 0.772. The summed E-state index contributed by atoms with van der Waals surface area (Å²) in [5.74, 6) is 0.812. The number of para-hydroxylation sites is 1. The van der Waals surface area contributed by atoms with Crippen LogP contribution in [-0.2, 0) is 0 Å². The standard InChI is InChI=1S/C15H14N4S/c1-3-7-12(8-4-1)14-11-20-15(19-17-14)18-16-13-9-5-2-6-10-13/h1-10,16H,11H2,(H,18,19). The minimum Gasteiger partial charge on any atom is -0.276 e. The Hall–Kier alpha value is -2.27. The van der Waals surface area contributed by atoms with Crippen LogP contribution in [0.1, 0.15) is 5.56 Å². The summed E-state index contributed by atoms with van der Waals surface area (Å²) in [4.78, 5) is 0. The fourth-order valence-electron chi connectivity index (χ4n) is 1.78. The molecule has 5 heteroatoms. The Balaban J connectivity index is 1.64. The molecule has 100 valence electrons. The Bertz CT molecular complexity index is 623. The first kappa shape index (κ1) is 12.7. The van der Waals surface area contributed by atoms with Crippen molar-refractivity contribution in [2.75, 3.05) is 11.2 Å². The molecule has 0 saturated carbocycles. The van der Waals surface area contributed by atoms with E-state index in [-0.39, 0.29) is 0 Å². The van der Waals surface area contributed by atoms with Crippen LogP contribution in [0.5, 0.6) is 0 Å². The maximum absolute atomic E-state index is 4.37. The van der Waals surface area contributed by atoms with Crippen LogP contribution < -0.4 is 10.9 Å². The smallest absolute Gasteiger partial charge is 0.201 e. The lowest BCUT2D eigenvalue weighted by atomic mass is 10.1.